The second-order valence-corrected chi connectivity index (χ2v) is 11.2. The molecule has 1 fully saturated rings. The van der Waals surface area contributed by atoms with E-state index in [-0.39, 0.29) is 23.3 Å². The fraction of sp³-hybridized carbons (Fsp3) is 0.548. The van der Waals surface area contributed by atoms with Gasteiger partial charge in [0.15, 0.2) is 0 Å². The SMILES string of the molecule is CC[C@H](C(=O)NC1CCCCC1)N(Cc1ccccc1C)C(=O)CCc1ccc(C(C)(C)C)cc1. The minimum Gasteiger partial charge on any atom is -0.352 e. The van der Waals surface area contributed by atoms with E-state index in [1.807, 2.05) is 24.0 Å². The highest BCUT2D eigenvalue weighted by atomic mass is 16.2. The Balaban J connectivity index is 1.75. The Hall–Kier alpha value is -2.62. The molecule has 2 amide bonds. The Morgan fingerprint density at radius 2 is 1.66 bits per heavy atom. The van der Waals surface area contributed by atoms with Crippen molar-refractivity contribution in [1.29, 1.82) is 0 Å². The summed E-state index contributed by atoms with van der Waals surface area (Å²) >= 11 is 0. The van der Waals surface area contributed by atoms with Crippen molar-refractivity contribution in [3.63, 3.8) is 0 Å². The molecule has 1 saturated carbocycles. The molecule has 0 aromatic heterocycles. The number of nitrogens with zero attached hydrogens (tertiary/aromatic N) is 1. The summed E-state index contributed by atoms with van der Waals surface area (Å²) in [5.74, 6) is 0.0367. The highest BCUT2D eigenvalue weighted by Crippen LogP contribution is 2.23. The van der Waals surface area contributed by atoms with Gasteiger partial charge in [0, 0.05) is 19.0 Å². The van der Waals surface area contributed by atoms with Crippen molar-refractivity contribution in [3.8, 4) is 0 Å². The lowest BCUT2D eigenvalue weighted by atomic mass is 9.86. The number of rotatable bonds is 9. The maximum absolute atomic E-state index is 13.6. The quantitative estimate of drug-likeness (QED) is 0.450. The standard InChI is InChI=1S/C31H44N2O2/c1-6-28(30(35)32-27-14-8-7-9-15-27)33(22-25-13-11-10-12-23(25)2)29(34)21-18-24-16-19-26(20-17-24)31(3,4)5/h10-13,16-17,19-20,27-28H,6-9,14-15,18,21-22H2,1-5H3,(H,32,35)/t28-/m1/s1. The molecule has 2 aromatic carbocycles. The summed E-state index contributed by atoms with van der Waals surface area (Å²) in [6.07, 6.45) is 7.34. The molecule has 3 rings (SSSR count). The van der Waals surface area contributed by atoms with Crippen LogP contribution in [-0.2, 0) is 28.0 Å². The second kappa shape index (κ2) is 12.4. The van der Waals surface area contributed by atoms with Gasteiger partial charge in [0.2, 0.25) is 11.8 Å². The van der Waals surface area contributed by atoms with Crippen LogP contribution < -0.4 is 5.32 Å². The van der Waals surface area contributed by atoms with Crippen molar-refractivity contribution in [2.45, 2.75) is 110 Å². The molecular formula is C31H44N2O2. The van der Waals surface area contributed by atoms with Crippen molar-refractivity contribution in [2.24, 2.45) is 0 Å². The average molecular weight is 477 g/mol. The Morgan fingerprint density at radius 1 is 1.00 bits per heavy atom. The van der Waals surface area contributed by atoms with Crippen LogP contribution in [0.15, 0.2) is 48.5 Å². The summed E-state index contributed by atoms with van der Waals surface area (Å²) in [5.41, 5.74) is 4.80. The highest BCUT2D eigenvalue weighted by molar-refractivity contribution is 5.88. The van der Waals surface area contributed by atoms with Crippen LogP contribution in [0.25, 0.3) is 0 Å². The zero-order valence-corrected chi connectivity index (χ0v) is 22.4. The molecule has 0 saturated heterocycles. The van der Waals surface area contributed by atoms with Gasteiger partial charge in [-0.15, -0.1) is 0 Å². The number of amides is 2. The van der Waals surface area contributed by atoms with E-state index in [1.165, 1.54) is 24.8 Å². The average Bonchev–Trinajstić information content (AvgIpc) is 2.84. The predicted molar refractivity (Wildman–Crippen MR) is 144 cm³/mol. The highest BCUT2D eigenvalue weighted by Gasteiger charge is 2.30. The molecule has 0 bridgehead atoms. The molecule has 0 unspecified atom stereocenters. The summed E-state index contributed by atoms with van der Waals surface area (Å²) in [7, 11) is 0. The largest absolute Gasteiger partial charge is 0.352 e. The topological polar surface area (TPSA) is 49.4 Å². The molecule has 1 aliphatic carbocycles. The van der Waals surface area contributed by atoms with Gasteiger partial charge in [-0.1, -0.05) is 95.5 Å². The van der Waals surface area contributed by atoms with Gasteiger partial charge in [-0.25, -0.2) is 0 Å². The third-order valence-electron chi connectivity index (χ3n) is 7.39. The first-order valence-electron chi connectivity index (χ1n) is 13.4. The van der Waals surface area contributed by atoms with Crippen LogP contribution in [0.3, 0.4) is 0 Å². The van der Waals surface area contributed by atoms with E-state index < -0.39 is 6.04 Å². The Morgan fingerprint density at radius 3 is 2.26 bits per heavy atom. The first-order valence-corrected chi connectivity index (χ1v) is 13.4. The predicted octanol–water partition coefficient (Wildman–Crippen LogP) is 6.48. The number of aryl methyl sites for hydroxylation is 2. The zero-order valence-electron chi connectivity index (χ0n) is 22.4. The number of carbonyl (C=O) groups excluding carboxylic acids is 2. The van der Waals surface area contributed by atoms with Crippen LogP contribution in [0.4, 0.5) is 0 Å². The van der Waals surface area contributed by atoms with E-state index >= 15 is 0 Å². The maximum atomic E-state index is 13.6. The molecular weight excluding hydrogens is 432 g/mol. The van der Waals surface area contributed by atoms with Gasteiger partial charge in [-0.2, -0.15) is 0 Å². The third kappa shape index (κ3) is 7.68. The van der Waals surface area contributed by atoms with Gasteiger partial charge in [0.05, 0.1) is 0 Å². The van der Waals surface area contributed by atoms with Gasteiger partial charge in [-0.05, 0) is 60.3 Å². The molecule has 190 valence electrons. The Bertz CT molecular complexity index is 968. The molecule has 0 spiro atoms. The Kier molecular flexibility index (Phi) is 9.54. The first-order chi connectivity index (χ1) is 16.7. The molecule has 4 heteroatoms. The van der Waals surface area contributed by atoms with Gasteiger partial charge in [-0.3, -0.25) is 9.59 Å². The first kappa shape index (κ1) is 27.0. The van der Waals surface area contributed by atoms with Crippen molar-refractivity contribution < 1.29 is 9.59 Å². The fourth-order valence-corrected chi connectivity index (χ4v) is 5.00. The number of hydrogen-bond acceptors (Lipinski definition) is 2. The number of nitrogens with one attached hydrogen (secondary N) is 1. The minimum atomic E-state index is -0.452. The van der Waals surface area contributed by atoms with Gasteiger partial charge in [0.1, 0.15) is 6.04 Å². The fourth-order valence-electron chi connectivity index (χ4n) is 5.00. The van der Waals surface area contributed by atoms with Crippen LogP contribution >= 0.6 is 0 Å². The lowest BCUT2D eigenvalue weighted by molar-refractivity contribution is -0.141. The number of carbonyl (C=O) groups is 2. The maximum Gasteiger partial charge on any atom is 0.243 e. The number of hydrogen-bond donors (Lipinski definition) is 1. The Labute approximate surface area is 212 Å². The monoisotopic (exact) mass is 476 g/mol. The molecule has 1 N–H and O–H groups in total. The lowest BCUT2D eigenvalue weighted by Gasteiger charge is -2.33. The summed E-state index contributed by atoms with van der Waals surface area (Å²) in [4.78, 5) is 28.8. The molecule has 0 aliphatic heterocycles. The third-order valence-corrected chi connectivity index (χ3v) is 7.39. The van der Waals surface area contributed by atoms with E-state index in [1.54, 1.807) is 0 Å². The van der Waals surface area contributed by atoms with Crippen molar-refractivity contribution in [1.82, 2.24) is 10.2 Å². The van der Waals surface area contributed by atoms with Crippen molar-refractivity contribution in [2.75, 3.05) is 0 Å². The van der Waals surface area contributed by atoms with E-state index in [2.05, 4.69) is 69.4 Å². The normalized spacial score (nSPS) is 15.5. The minimum absolute atomic E-state index is 0.00383. The van der Waals surface area contributed by atoms with Gasteiger partial charge < -0.3 is 10.2 Å². The van der Waals surface area contributed by atoms with E-state index in [0.717, 1.165) is 29.5 Å². The number of benzene rings is 2. The molecule has 2 aromatic rings. The smallest absolute Gasteiger partial charge is 0.243 e. The van der Waals surface area contributed by atoms with E-state index in [9.17, 15) is 9.59 Å². The van der Waals surface area contributed by atoms with Crippen LogP contribution in [0.5, 0.6) is 0 Å². The van der Waals surface area contributed by atoms with Gasteiger partial charge >= 0.3 is 0 Å². The van der Waals surface area contributed by atoms with Crippen LogP contribution in [0.2, 0.25) is 0 Å². The van der Waals surface area contributed by atoms with Crippen molar-refractivity contribution >= 4 is 11.8 Å². The molecule has 1 atom stereocenters. The van der Waals surface area contributed by atoms with E-state index in [4.69, 9.17) is 0 Å². The molecule has 1 aliphatic rings. The van der Waals surface area contributed by atoms with Crippen LogP contribution in [-0.4, -0.2) is 28.8 Å². The van der Waals surface area contributed by atoms with Crippen LogP contribution in [0.1, 0.15) is 94.9 Å². The molecule has 35 heavy (non-hydrogen) atoms. The summed E-state index contributed by atoms with van der Waals surface area (Å²) in [5, 5.41) is 3.27. The summed E-state index contributed by atoms with van der Waals surface area (Å²) < 4.78 is 0. The summed E-state index contributed by atoms with van der Waals surface area (Å²) in [6.45, 7) is 11.2. The molecule has 0 radical (unpaired) electrons. The van der Waals surface area contributed by atoms with Crippen LogP contribution in [0, 0.1) is 6.92 Å². The van der Waals surface area contributed by atoms with E-state index in [0.29, 0.717) is 25.8 Å². The lowest BCUT2D eigenvalue weighted by Crippen LogP contribution is -2.51. The molecule has 0 heterocycles. The second-order valence-electron chi connectivity index (χ2n) is 11.2. The summed E-state index contributed by atoms with van der Waals surface area (Å²) in [6, 6.07) is 16.5. The zero-order chi connectivity index (χ0) is 25.4. The molecule has 4 nitrogen and oxygen atoms in total. The van der Waals surface area contributed by atoms with Crippen molar-refractivity contribution in [3.05, 3.63) is 70.8 Å². The van der Waals surface area contributed by atoms with Gasteiger partial charge in [0.25, 0.3) is 0 Å².